The van der Waals surface area contributed by atoms with Crippen LogP contribution in [0.4, 0.5) is 5.69 Å². The Bertz CT molecular complexity index is 705. The number of carbonyl (C=O) groups is 2. The largest absolute Gasteiger partial charge is 0.481 e. The minimum Gasteiger partial charge on any atom is -0.481 e. The van der Waals surface area contributed by atoms with E-state index in [1.54, 1.807) is 25.2 Å². The molecule has 6 heteroatoms. The van der Waals surface area contributed by atoms with Gasteiger partial charge in [-0.05, 0) is 24.5 Å². The molecule has 0 aliphatic carbocycles. The molecular weight excluding hydrogens is 312 g/mol. The lowest BCUT2D eigenvalue weighted by atomic mass is 9.85. The van der Waals surface area contributed by atoms with Crippen molar-refractivity contribution < 1.29 is 14.7 Å². The van der Waals surface area contributed by atoms with E-state index in [0.29, 0.717) is 5.69 Å². The van der Waals surface area contributed by atoms with Gasteiger partial charge >= 0.3 is 5.97 Å². The molecule has 2 N–H and O–H groups in total. The molecule has 0 bridgehead atoms. The maximum absolute atomic E-state index is 12.1. The molecule has 2 rings (SSSR count). The lowest BCUT2D eigenvalue weighted by Crippen LogP contribution is -2.24. The van der Waals surface area contributed by atoms with Gasteiger partial charge in [-0.1, -0.05) is 26.0 Å². The molecule has 122 valence electrons. The number of carboxylic acid groups (broad SMARTS) is 1. The first-order valence-corrected chi connectivity index (χ1v) is 8.17. The number of hydrogen-bond donors (Lipinski definition) is 2. The monoisotopic (exact) mass is 332 g/mol. The van der Waals surface area contributed by atoms with Crippen LogP contribution >= 0.6 is 11.3 Å². The number of hydrogen-bond acceptors (Lipinski definition) is 4. The number of benzene rings is 1. The Hall–Kier alpha value is -2.21. The summed E-state index contributed by atoms with van der Waals surface area (Å²) in [4.78, 5) is 27.3. The van der Waals surface area contributed by atoms with Crippen LogP contribution in [0.5, 0.6) is 0 Å². The van der Waals surface area contributed by atoms with E-state index in [1.807, 2.05) is 36.6 Å². The molecule has 1 heterocycles. The molecule has 0 saturated heterocycles. The standard InChI is InChI=1S/C17H20N2O3S/c1-11-18-14(10-23-11)12-4-6-13(7-5-12)19-15(20)8-17(2,3)9-16(21)22/h4-7,10H,8-9H2,1-3H3,(H,19,20)(H,21,22). The van der Waals surface area contributed by atoms with Crippen LogP contribution in [-0.4, -0.2) is 22.0 Å². The number of aliphatic carboxylic acids is 1. The van der Waals surface area contributed by atoms with Crippen molar-refractivity contribution in [1.29, 1.82) is 0 Å². The molecule has 1 amide bonds. The Kier molecular flexibility index (Phi) is 5.15. The van der Waals surface area contributed by atoms with E-state index in [1.165, 1.54) is 0 Å². The Morgan fingerprint density at radius 3 is 2.39 bits per heavy atom. The molecule has 0 aliphatic rings. The van der Waals surface area contributed by atoms with Gasteiger partial charge in [0.2, 0.25) is 5.91 Å². The highest BCUT2D eigenvalue weighted by molar-refractivity contribution is 7.09. The fraction of sp³-hybridized carbons (Fsp3) is 0.353. The first-order chi connectivity index (χ1) is 10.7. The summed E-state index contributed by atoms with van der Waals surface area (Å²) in [5.41, 5.74) is 2.04. The van der Waals surface area contributed by atoms with Gasteiger partial charge in [-0.25, -0.2) is 4.98 Å². The van der Waals surface area contributed by atoms with Crippen molar-refractivity contribution in [3.63, 3.8) is 0 Å². The van der Waals surface area contributed by atoms with Crippen LogP contribution in [0, 0.1) is 12.3 Å². The van der Waals surface area contributed by atoms with Crippen molar-refractivity contribution in [2.24, 2.45) is 5.41 Å². The topological polar surface area (TPSA) is 79.3 Å². The second kappa shape index (κ2) is 6.91. The van der Waals surface area contributed by atoms with Gasteiger partial charge in [0.15, 0.2) is 0 Å². The van der Waals surface area contributed by atoms with E-state index in [4.69, 9.17) is 5.11 Å². The number of nitrogens with zero attached hydrogens (tertiary/aromatic N) is 1. The second-order valence-electron chi connectivity index (χ2n) is 6.29. The molecule has 0 saturated carbocycles. The minimum atomic E-state index is -0.897. The smallest absolute Gasteiger partial charge is 0.303 e. The van der Waals surface area contributed by atoms with E-state index in [9.17, 15) is 9.59 Å². The molecule has 0 aliphatic heterocycles. The number of rotatable bonds is 6. The summed E-state index contributed by atoms with van der Waals surface area (Å²) in [7, 11) is 0. The third-order valence-electron chi connectivity index (χ3n) is 3.35. The van der Waals surface area contributed by atoms with E-state index in [0.717, 1.165) is 16.3 Å². The Morgan fingerprint density at radius 2 is 1.87 bits per heavy atom. The van der Waals surface area contributed by atoms with Crippen LogP contribution in [0.2, 0.25) is 0 Å². The molecule has 5 nitrogen and oxygen atoms in total. The average Bonchev–Trinajstić information content (AvgIpc) is 2.83. The summed E-state index contributed by atoms with van der Waals surface area (Å²) in [5, 5.41) is 14.7. The average molecular weight is 332 g/mol. The van der Waals surface area contributed by atoms with Crippen molar-refractivity contribution in [3.8, 4) is 11.3 Å². The number of nitrogens with one attached hydrogen (secondary N) is 1. The fourth-order valence-electron chi connectivity index (χ4n) is 2.33. The van der Waals surface area contributed by atoms with Crippen LogP contribution in [0.3, 0.4) is 0 Å². The number of carboxylic acids is 1. The highest BCUT2D eigenvalue weighted by Gasteiger charge is 2.25. The lowest BCUT2D eigenvalue weighted by molar-refractivity contribution is -0.139. The first kappa shape index (κ1) is 17.1. The number of carbonyl (C=O) groups excluding carboxylic acids is 1. The molecule has 2 aromatic rings. The van der Waals surface area contributed by atoms with Gasteiger partial charge in [0.05, 0.1) is 17.1 Å². The van der Waals surface area contributed by atoms with Crippen molar-refractivity contribution in [2.75, 3.05) is 5.32 Å². The number of aromatic nitrogens is 1. The van der Waals surface area contributed by atoms with Crippen molar-refractivity contribution >= 4 is 28.9 Å². The fourth-order valence-corrected chi connectivity index (χ4v) is 2.95. The predicted octanol–water partition coefficient (Wildman–Crippen LogP) is 3.95. The highest BCUT2D eigenvalue weighted by Crippen LogP contribution is 2.26. The predicted molar refractivity (Wildman–Crippen MR) is 91.6 cm³/mol. The Labute approximate surface area is 139 Å². The summed E-state index contributed by atoms with van der Waals surface area (Å²) < 4.78 is 0. The maximum atomic E-state index is 12.1. The third-order valence-corrected chi connectivity index (χ3v) is 4.13. The summed E-state index contributed by atoms with van der Waals surface area (Å²) in [6.45, 7) is 5.50. The van der Waals surface area contributed by atoms with E-state index in [-0.39, 0.29) is 18.7 Å². The molecule has 1 aromatic heterocycles. The van der Waals surface area contributed by atoms with Gasteiger partial charge in [0, 0.05) is 23.1 Å². The lowest BCUT2D eigenvalue weighted by Gasteiger charge is -2.21. The molecule has 0 radical (unpaired) electrons. The summed E-state index contributed by atoms with van der Waals surface area (Å²) >= 11 is 1.60. The van der Waals surface area contributed by atoms with Gasteiger partial charge in [-0.3, -0.25) is 9.59 Å². The quantitative estimate of drug-likeness (QED) is 0.839. The molecular formula is C17H20N2O3S. The number of amides is 1. The molecule has 1 aromatic carbocycles. The molecule has 0 fully saturated rings. The summed E-state index contributed by atoms with van der Waals surface area (Å²) in [6.07, 6.45) is 0.120. The second-order valence-corrected chi connectivity index (χ2v) is 7.35. The van der Waals surface area contributed by atoms with Crippen molar-refractivity contribution in [3.05, 3.63) is 34.7 Å². The van der Waals surface area contributed by atoms with Crippen LogP contribution < -0.4 is 5.32 Å². The molecule has 0 unspecified atom stereocenters. The summed E-state index contributed by atoms with van der Waals surface area (Å²) in [6, 6.07) is 7.47. The number of thiazole rings is 1. The minimum absolute atomic E-state index is 0.0392. The van der Waals surface area contributed by atoms with Crippen LogP contribution in [-0.2, 0) is 9.59 Å². The van der Waals surface area contributed by atoms with Gasteiger partial charge in [-0.2, -0.15) is 0 Å². The third kappa shape index (κ3) is 5.17. The SMILES string of the molecule is Cc1nc(-c2ccc(NC(=O)CC(C)(C)CC(=O)O)cc2)cs1. The van der Waals surface area contributed by atoms with E-state index >= 15 is 0 Å². The normalized spacial score (nSPS) is 11.3. The zero-order chi connectivity index (χ0) is 17.0. The van der Waals surface area contributed by atoms with Crippen LogP contribution in [0.1, 0.15) is 31.7 Å². The zero-order valence-corrected chi connectivity index (χ0v) is 14.2. The summed E-state index contributed by atoms with van der Waals surface area (Å²) in [5.74, 6) is -1.08. The first-order valence-electron chi connectivity index (χ1n) is 7.29. The van der Waals surface area contributed by atoms with Crippen molar-refractivity contribution in [1.82, 2.24) is 4.98 Å². The van der Waals surface area contributed by atoms with Gasteiger partial charge < -0.3 is 10.4 Å². The number of aryl methyl sites for hydroxylation is 1. The van der Waals surface area contributed by atoms with Crippen molar-refractivity contribution in [2.45, 2.75) is 33.6 Å². The Balaban J connectivity index is 1.98. The van der Waals surface area contributed by atoms with Gasteiger partial charge in [0.1, 0.15) is 0 Å². The van der Waals surface area contributed by atoms with Gasteiger partial charge in [-0.15, -0.1) is 11.3 Å². The molecule has 23 heavy (non-hydrogen) atoms. The molecule has 0 atom stereocenters. The van der Waals surface area contributed by atoms with E-state index in [2.05, 4.69) is 10.3 Å². The number of anilines is 1. The zero-order valence-electron chi connectivity index (χ0n) is 13.4. The van der Waals surface area contributed by atoms with Crippen LogP contribution in [0.25, 0.3) is 11.3 Å². The molecule has 0 spiro atoms. The maximum Gasteiger partial charge on any atom is 0.303 e. The van der Waals surface area contributed by atoms with E-state index < -0.39 is 11.4 Å². The van der Waals surface area contributed by atoms with Crippen LogP contribution in [0.15, 0.2) is 29.6 Å². The van der Waals surface area contributed by atoms with Gasteiger partial charge in [0.25, 0.3) is 0 Å². The highest BCUT2D eigenvalue weighted by atomic mass is 32.1. The Morgan fingerprint density at radius 1 is 1.22 bits per heavy atom.